The number of Topliss-reactive ketones (excluding diaryl/α,β-unsaturated/α-hetero) is 1. The van der Waals surface area contributed by atoms with E-state index in [2.05, 4.69) is 21.3 Å². The maximum Gasteiger partial charge on any atom is 0.319 e. The number of piperidine rings is 1. The van der Waals surface area contributed by atoms with Crippen LogP contribution in [0.5, 0.6) is 0 Å². The molecule has 59 heavy (non-hydrogen) atoms. The van der Waals surface area contributed by atoms with E-state index >= 15 is 0 Å². The van der Waals surface area contributed by atoms with Gasteiger partial charge in [0.1, 0.15) is 41.6 Å². The average Bonchev–Trinajstić information content (AvgIpc) is 3.47. The zero-order valence-corrected chi connectivity index (χ0v) is 33.8. The van der Waals surface area contributed by atoms with Gasteiger partial charge in [0.25, 0.3) is 0 Å². The fourth-order valence-electron chi connectivity index (χ4n) is 8.71. The molecule has 2 aromatic rings. The van der Waals surface area contributed by atoms with E-state index in [-0.39, 0.29) is 49.2 Å². The summed E-state index contributed by atoms with van der Waals surface area (Å²) in [5.41, 5.74) is 1.06. The molecule has 16 nitrogen and oxygen atoms in total. The summed E-state index contributed by atoms with van der Waals surface area (Å²) in [6.45, 7) is 6.98. The number of benzene rings is 2. The number of nitrogens with one attached hydrogen (secondary N) is 4. The molecule has 9 atom stereocenters. The molecule has 0 bridgehead atoms. The van der Waals surface area contributed by atoms with Gasteiger partial charge in [-0.05, 0) is 82.2 Å². The molecule has 6 rings (SSSR count). The Kier molecular flexibility index (Phi) is 13.0. The van der Waals surface area contributed by atoms with Crippen molar-refractivity contribution in [2.45, 2.75) is 121 Å². The lowest BCUT2D eigenvalue weighted by atomic mass is 9.98. The number of hydrogen-bond acceptors (Lipinski definition) is 9. The molecule has 3 saturated heterocycles. The lowest BCUT2D eigenvalue weighted by Gasteiger charge is -2.39. The highest BCUT2D eigenvalue weighted by atomic mass is 19.1. The van der Waals surface area contributed by atoms with E-state index in [1.54, 1.807) is 24.0 Å². The fraction of sp³-hybridized carbons (Fsp3) is 0.548. The van der Waals surface area contributed by atoms with E-state index in [9.17, 15) is 48.2 Å². The Balaban J connectivity index is 1.15. The van der Waals surface area contributed by atoms with Crippen molar-refractivity contribution in [1.29, 1.82) is 0 Å². The molecule has 7 amide bonds. The first-order chi connectivity index (χ1) is 28.0. The lowest BCUT2D eigenvalue weighted by Crippen LogP contribution is -2.62. The number of amides is 7. The Morgan fingerprint density at radius 2 is 1.64 bits per heavy atom. The summed E-state index contributed by atoms with van der Waals surface area (Å²) in [5, 5.41) is 32.1. The van der Waals surface area contributed by atoms with E-state index < -0.39 is 83.4 Å². The van der Waals surface area contributed by atoms with Crippen molar-refractivity contribution >= 4 is 47.0 Å². The van der Waals surface area contributed by atoms with Crippen molar-refractivity contribution in [2.24, 2.45) is 5.92 Å². The Bertz CT molecular complexity index is 1960. The minimum absolute atomic E-state index is 0.00656. The molecule has 2 aromatic carbocycles. The van der Waals surface area contributed by atoms with Crippen molar-refractivity contribution in [1.82, 2.24) is 30.7 Å². The Morgan fingerprint density at radius 1 is 0.932 bits per heavy atom. The summed E-state index contributed by atoms with van der Waals surface area (Å²) in [4.78, 5) is 99.2. The van der Waals surface area contributed by atoms with Gasteiger partial charge in [-0.2, -0.15) is 0 Å². The molecule has 0 aromatic heterocycles. The third kappa shape index (κ3) is 9.73. The van der Waals surface area contributed by atoms with Crippen LogP contribution in [0.3, 0.4) is 0 Å². The van der Waals surface area contributed by atoms with Crippen LogP contribution < -0.4 is 21.3 Å². The Hall–Kier alpha value is -5.42. The topological polar surface area (TPSA) is 218 Å². The van der Waals surface area contributed by atoms with E-state index in [1.807, 2.05) is 26.0 Å². The first kappa shape index (κ1) is 43.2. The van der Waals surface area contributed by atoms with Crippen LogP contribution >= 0.6 is 0 Å². The first-order valence-corrected chi connectivity index (χ1v) is 20.3. The third-order valence-corrected chi connectivity index (χ3v) is 11.8. The SMILES string of the molecule is Cc1cccc(C[C@H](NC(=O)Nc2ccc(F)cc2)C(=O)N[C@H](C(=O)N2C[C@H](O)C[C@H]2C(=O)N2CCCC[C@H]2C(=O)N[C@@H](C)C(=O)N2C[C@H](C)C[C@]23CC3=O)[C@H](C)O)c1. The van der Waals surface area contributed by atoms with Crippen molar-refractivity contribution in [3.63, 3.8) is 0 Å². The van der Waals surface area contributed by atoms with E-state index in [1.165, 1.54) is 24.0 Å². The molecule has 17 heteroatoms. The molecule has 1 aliphatic carbocycles. The highest BCUT2D eigenvalue weighted by Crippen LogP contribution is 2.48. The highest BCUT2D eigenvalue weighted by molar-refractivity contribution is 6.09. The van der Waals surface area contributed by atoms with Crippen LogP contribution in [0.25, 0.3) is 0 Å². The van der Waals surface area contributed by atoms with Gasteiger partial charge in [0, 0.05) is 44.6 Å². The molecule has 0 radical (unpaired) electrons. The van der Waals surface area contributed by atoms with Crippen LogP contribution in [0.4, 0.5) is 14.9 Å². The maximum absolute atomic E-state index is 14.3. The average molecular weight is 820 g/mol. The predicted octanol–water partition coefficient (Wildman–Crippen LogP) is 1.16. The number of rotatable bonds is 12. The maximum atomic E-state index is 14.3. The van der Waals surface area contributed by atoms with Crippen molar-refractivity contribution in [3.8, 4) is 0 Å². The molecular weight excluding hydrogens is 765 g/mol. The van der Waals surface area contributed by atoms with Gasteiger partial charge in [0.15, 0.2) is 5.78 Å². The molecule has 1 spiro atoms. The number of aliphatic hydroxyl groups excluding tert-OH is 2. The first-order valence-electron chi connectivity index (χ1n) is 20.3. The smallest absolute Gasteiger partial charge is 0.319 e. The van der Waals surface area contributed by atoms with Crippen LogP contribution in [0.1, 0.15) is 70.4 Å². The summed E-state index contributed by atoms with van der Waals surface area (Å²) >= 11 is 0. The molecular formula is C42H54FN7O9. The summed E-state index contributed by atoms with van der Waals surface area (Å²) in [6, 6.07) is 5.41. The molecule has 4 fully saturated rings. The summed E-state index contributed by atoms with van der Waals surface area (Å²) in [6.07, 6.45) is -0.395. The van der Waals surface area contributed by atoms with Crippen molar-refractivity contribution in [2.75, 3.05) is 25.0 Å². The monoisotopic (exact) mass is 819 g/mol. The van der Waals surface area contributed by atoms with Crippen LogP contribution in [0.15, 0.2) is 48.5 Å². The number of hydrogen-bond donors (Lipinski definition) is 6. The van der Waals surface area contributed by atoms with Gasteiger partial charge < -0.3 is 46.2 Å². The fourth-order valence-corrected chi connectivity index (χ4v) is 8.71. The van der Waals surface area contributed by atoms with Gasteiger partial charge in [0.05, 0.1) is 12.2 Å². The number of anilines is 1. The molecule has 3 heterocycles. The number of likely N-dealkylation sites (tertiary alicyclic amines) is 3. The Labute approximate surface area is 342 Å². The zero-order chi connectivity index (χ0) is 42.8. The number of nitrogens with zero attached hydrogens (tertiary/aromatic N) is 3. The second-order valence-electron chi connectivity index (χ2n) is 16.6. The summed E-state index contributed by atoms with van der Waals surface area (Å²) < 4.78 is 13.5. The summed E-state index contributed by atoms with van der Waals surface area (Å²) in [5.74, 6) is -3.54. The highest BCUT2D eigenvalue weighted by Gasteiger charge is 2.63. The number of ketones is 1. The van der Waals surface area contributed by atoms with Crippen molar-refractivity contribution in [3.05, 3.63) is 65.5 Å². The largest absolute Gasteiger partial charge is 0.391 e. The van der Waals surface area contributed by atoms with E-state index in [4.69, 9.17) is 0 Å². The number of β-amino-alcohol motifs (C(OH)–C–C–N with tert-alkyl or cyclic N) is 1. The third-order valence-electron chi connectivity index (χ3n) is 11.8. The predicted molar refractivity (Wildman–Crippen MR) is 212 cm³/mol. The Morgan fingerprint density at radius 3 is 2.31 bits per heavy atom. The minimum Gasteiger partial charge on any atom is -0.391 e. The van der Waals surface area contributed by atoms with Gasteiger partial charge in [-0.1, -0.05) is 36.8 Å². The second-order valence-corrected chi connectivity index (χ2v) is 16.6. The van der Waals surface area contributed by atoms with Gasteiger partial charge in [0.2, 0.25) is 29.5 Å². The molecule has 3 aliphatic heterocycles. The van der Waals surface area contributed by atoms with Crippen molar-refractivity contribution < 1.29 is 48.2 Å². The molecule has 4 aliphatic rings. The lowest BCUT2D eigenvalue weighted by molar-refractivity contribution is -0.152. The van der Waals surface area contributed by atoms with E-state index in [0.717, 1.165) is 22.6 Å². The second kappa shape index (κ2) is 17.8. The van der Waals surface area contributed by atoms with Crippen LogP contribution in [0.2, 0.25) is 0 Å². The molecule has 0 unspecified atom stereocenters. The number of urea groups is 1. The zero-order valence-electron chi connectivity index (χ0n) is 33.8. The number of aryl methyl sites for hydroxylation is 1. The van der Waals surface area contributed by atoms with Gasteiger partial charge >= 0.3 is 6.03 Å². The minimum atomic E-state index is -1.60. The van der Waals surface area contributed by atoms with Gasteiger partial charge in [-0.3, -0.25) is 28.8 Å². The van der Waals surface area contributed by atoms with Crippen LogP contribution in [-0.4, -0.2) is 134 Å². The summed E-state index contributed by atoms with van der Waals surface area (Å²) in [7, 11) is 0. The van der Waals surface area contributed by atoms with E-state index in [0.29, 0.717) is 44.2 Å². The molecule has 1 saturated carbocycles. The standard InChI is InChI=1S/C42H54FN7O9/c1-23-8-7-9-27(16-23)17-31(46-41(59)45-29-13-11-28(43)12-14-29)36(54)47-35(26(4)51)40(58)49-22-30(52)18-33(49)39(57)48-15-6-5-10-32(48)37(55)44-25(3)38(56)50-21-24(2)19-42(50)20-34(42)53/h7-9,11-14,16,24-26,30-33,35,51-52H,5-6,10,15,17-22H2,1-4H3,(H,44,55)(H,47,54)(H2,45,46,59)/t24-,25+,26+,30-,31+,32+,33+,35+,42-/m1/s1. The number of aliphatic hydroxyl groups is 2. The molecule has 318 valence electrons. The number of halogens is 1. The quantitative estimate of drug-likeness (QED) is 0.181. The number of carbonyl (C=O) groups excluding carboxylic acids is 7. The number of carbonyl (C=O) groups is 7. The molecule has 6 N–H and O–H groups in total. The van der Waals surface area contributed by atoms with Gasteiger partial charge in [-0.25, -0.2) is 9.18 Å². The normalized spacial score (nSPS) is 25.8. The van der Waals surface area contributed by atoms with Crippen LogP contribution in [-0.2, 0) is 35.2 Å². The van der Waals surface area contributed by atoms with Gasteiger partial charge in [-0.15, -0.1) is 0 Å². The van der Waals surface area contributed by atoms with Crippen LogP contribution in [0, 0.1) is 18.7 Å².